The Kier molecular flexibility index (Phi) is 3.65. The Bertz CT molecular complexity index is 924. The third-order valence-electron chi connectivity index (χ3n) is 3.64. The number of benzene rings is 2. The van der Waals surface area contributed by atoms with Crippen LogP contribution in [0.15, 0.2) is 35.1 Å². The number of nitrogens with one attached hydrogen (secondary N) is 1. The lowest BCUT2D eigenvalue weighted by Gasteiger charge is -2.13. The van der Waals surface area contributed by atoms with Crippen molar-refractivity contribution in [1.29, 1.82) is 0 Å². The van der Waals surface area contributed by atoms with E-state index in [1.54, 1.807) is 18.2 Å². The Labute approximate surface area is 132 Å². The summed E-state index contributed by atoms with van der Waals surface area (Å²) in [6.45, 7) is 3.82. The zero-order chi connectivity index (χ0) is 16.6. The minimum atomic E-state index is -0.324. The van der Waals surface area contributed by atoms with E-state index < -0.39 is 0 Å². The van der Waals surface area contributed by atoms with Crippen LogP contribution in [0.2, 0.25) is 0 Å². The number of rotatable bonds is 3. The summed E-state index contributed by atoms with van der Waals surface area (Å²) in [5.74, 6) is 1.46. The van der Waals surface area contributed by atoms with Gasteiger partial charge in [-0.2, -0.15) is 0 Å². The smallest absolute Gasteiger partial charge is 0.276 e. The number of fused-ring (bicyclic) bond motifs is 1. The van der Waals surface area contributed by atoms with Crippen LogP contribution in [0.5, 0.6) is 17.4 Å². The van der Waals surface area contributed by atoms with E-state index in [0.29, 0.717) is 33.8 Å². The lowest BCUT2D eigenvalue weighted by molar-refractivity contribution is 0.418. The molecule has 0 aliphatic carbocycles. The minimum absolute atomic E-state index is 0.314. The Balaban J connectivity index is 2.19. The second-order valence-electron chi connectivity index (χ2n) is 5.33. The second kappa shape index (κ2) is 5.64. The summed E-state index contributed by atoms with van der Waals surface area (Å²) in [6.07, 6.45) is 0. The van der Waals surface area contributed by atoms with Gasteiger partial charge in [-0.3, -0.25) is 4.79 Å². The van der Waals surface area contributed by atoms with Gasteiger partial charge in [-0.1, -0.05) is 6.07 Å². The maximum atomic E-state index is 12.1. The first-order valence-corrected chi connectivity index (χ1v) is 7.11. The summed E-state index contributed by atoms with van der Waals surface area (Å²) in [6, 6.07) is 8.95. The van der Waals surface area contributed by atoms with E-state index >= 15 is 0 Å². The molecular weight excluding hydrogens is 294 g/mol. The standard InChI is InChI=1S/C17H17N3O3/c1-9-7-11(18)8-10(2)15(9)23-17-12-5-4-6-13(22-3)14(12)16(21)19-20-17/h4-8H,18H2,1-3H3,(H,19,21). The number of nitrogen functional groups attached to an aromatic ring is 1. The molecule has 6 heteroatoms. The van der Waals surface area contributed by atoms with Gasteiger partial charge < -0.3 is 15.2 Å². The molecule has 0 aliphatic heterocycles. The molecule has 0 amide bonds. The third kappa shape index (κ3) is 2.59. The zero-order valence-corrected chi connectivity index (χ0v) is 13.1. The molecule has 6 nitrogen and oxygen atoms in total. The summed E-state index contributed by atoms with van der Waals surface area (Å²) in [4.78, 5) is 12.1. The molecule has 0 fully saturated rings. The van der Waals surface area contributed by atoms with Gasteiger partial charge >= 0.3 is 0 Å². The van der Waals surface area contributed by atoms with Crippen LogP contribution < -0.4 is 20.8 Å². The maximum Gasteiger partial charge on any atom is 0.276 e. The highest BCUT2D eigenvalue weighted by atomic mass is 16.5. The normalized spacial score (nSPS) is 10.7. The average molecular weight is 311 g/mol. The number of aromatic nitrogens is 2. The topological polar surface area (TPSA) is 90.2 Å². The number of aromatic amines is 1. The van der Waals surface area contributed by atoms with Crippen molar-refractivity contribution in [2.45, 2.75) is 13.8 Å². The Morgan fingerprint density at radius 3 is 2.52 bits per heavy atom. The summed E-state index contributed by atoms with van der Waals surface area (Å²) >= 11 is 0. The highest BCUT2D eigenvalue weighted by Crippen LogP contribution is 2.34. The summed E-state index contributed by atoms with van der Waals surface area (Å²) in [5, 5.41) is 7.48. The fourth-order valence-corrected chi connectivity index (χ4v) is 2.65. The van der Waals surface area contributed by atoms with Crippen LogP contribution in [0.4, 0.5) is 5.69 Å². The molecular formula is C17H17N3O3. The molecule has 0 bridgehead atoms. The highest BCUT2D eigenvalue weighted by Gasteiger charge is 2.14. The lowest BCUT2D eigenvalue weighted by Crippen LogP contribution is -2.11. The van der Waals surface area contributed by atoms with Crippen molar-refractivity contribution in [3.63, 3.8) is 0 Å². The zero-order valence-electron chi connectivity index (χ0n) is 13.1. The van der Waals surface area contributed by atoms with Gasteiger partial charge in [-0.15, -0.1) is 5.10 Å². The average Bonchev–Trinajstić information content (AvgIpc) is 2.52. The van der Waals surface area contributed by atoms with Gasteiger partial charge in [0.05, 0.1) is 17.9 Å². The van der Waals surface area contributed by atoms with Gasteiger partial charge in [-0.05, 0) is 49.2 Å². The molecule has 0 atom stereocenters. The lowest BCUT2D eigenvalue weighted by atomic mass is 10.1. The largest absolute Gasteiger partial charge is 0.496 e. The van der Waals surface area contributed by atoms with Gasteiger partial charge in [-0.25, -0.2) is 5.10 Å². The molecule has 118 valence electrons. The maximum absolute atomic E-state index is 12.1. The van der Waals surface area contributed by atoms with Crippen LogP contribution in [0.25, 0.3) is 10.8 Å². The molecule has 0 saturated heterocycles. The number of anilines is 1. The van der Waals surface area contributed by atoms with Crippen LogP contribution in [0.3, 0.4) is 0 Å². The Hall–Kier alpha value is -3.02. The summed E-state index contributed by atoms with van der Waals surface area (Å²) < 4.78 is 11.2. The van der Waals surface area contributed by atoms with Gasteiger partial charge in [0.2, 0.25) is 5.88 Å². The SMILES string of the molecule is COc1cccc2c(Oc3c(C)cc(N)cc3C)n[nH]c(=O)c12. The van der Waals surface area contributed by atoms with Gasteiger partial charge in [0.1, 0.15) is 11.5 Å². The number of H-pyrrole nitrogens is 1. The van der Waals surface area contributed by atoms with Crippen LogP contribution in [0, 0.1) is 13.8 Å². The molecule has 0 unspecified atom stereocenters. The minimum Gasteiger partial charge on any atom is -0.496 e. The third-order valence-corrected chi connectivity index (χ3v) is 3.64. The van der Waals surface area contributed by atoms with Crippen LogP contribution in [-0.4, -0.2) is 17.3 Å². The number of hydrogen-bond acceptors (Lipinski definition) is 5. The fraction of sp³-hybridized carbons (Fsp3) is 0.176. The molecule has 1 aromatic heterocycles. The molecule has 3 aromatic rings. The number of aryl methyl sites for hydroxylation is 2. The molecule has 23 heavy (non-hydrogen) atoms. The highest BCUT2D eigenvalue weighted by molar-refractivity contribution is 5.91. The van der Waals surface area contributed by atoms with Crippen molar-refractivity contribution >= 4 is 16.5 Å². The van der Waals surface area contributed by atoms with Crippen molar-refractivity contribution in [3.05, 3.63) is 51.8 Å². The predicted octanol–water partition coefficient (Wildman–Crippen LogP) is 2.92. The number of ether oxygens (including phenoxy) is 2. The van der Waals surface area contributed by atoms with E-state index in [2.05, 4.69) is 10.2 Å². The van der Waals surface area contributed by atoms with Crippen LogP contribution >= 0.6 is 0 Å². The van der Waals surface area contributed by atoms with Gasteiger partial charge in [0.15, 0.2) is 0 Å². The molecule has 3 N–H and O–H groups in total. The molecule has 0 radical (unpaired) electrons. The van der Waals surface area contributed by atoms with Crippen molar-refractivity contribution in [3.8, 4) is 17.4 Å². The fourth-order valence-electron chi connectivity index (χ4n) is 2.65. The first kappa shape index (κ1) is 14.9. The number of nitrogens with zero attached hydrogens (tertiary/aromatic N) is 1. The number of methoxy groups -OCH3 is 1. The van der Waals surface area contributed by atoms with Crippen LogP contribution in [-0.2, 0) is 0 Å². The van der Waals surface area contributed by atoms with E-state index in [9.17, 15) is 4.79 Å². The van der Waals surface area contributed by atoms with E-state index in [-0.39, 0.29) is 5.56 Å². The molecule has 0 aliphatic rings. The van der Waals surface area contributed by atoms with Crippen molar-refractivity contribution in [2.24, 2.45) is 0 Å². The molecule has 1 heterocycles. The summed E-state index contributed by atoms with van der Waals surface area (Å²) in [7, 11) is 1.52. The number of nitrogens with two attached hydrogens (primary N) is 1. The van der Waals surface area contributed by atoms with Gasteiger partial charge in [0.25, 0.3) is 5.56 Å². The molecule has 0 saturated carbocycles. The molecule has 2 aromatic carbocycles. The second-order valence-corrected chi connectivity index (χ2v) is 5.33. The summed E-state index contributed by atoms with van der Waals surface area (Å²) in [5.41, 5.74) is 7.98. The molecule has 3 rings (SSSR count). The van der Waals surface area contributed by atoms with E-state index in [1.165, 1.54) is 7.11 Å². The van der Waals surface area contributed by atoms with E-state index in [4.69, 9.17) is 15.2 Å². The van der Waals surface area contributed by atoms with Gasteiger partial charge in [0, 0.05) is 5.69 Å². The quantitative estimate of drug-likeness (QED) is 0.726. The molecule has 0 spiro atoms. The first-order valence-electron chi connectivity index (χ1n) is 7.11. The van der Waals surface area contributed by atoms with Crippen molar-refractivity contribution in [2.75, 3.05) is 12.8 Å². The number of hydrogen-bond donors (Lipinski definition) is 2. The van der Waals surface area contributed by atoms with Crippen molar-refractivity contribution in [1.82, 2.24) is 10.2 Å². The first-order chi connectivity index (χ1) is 11.0. The Morgan fingerprint density at radius 2 is 1.87 bits per heavy atom. The van der Waals surface area contributed by atoms with E-state index in [1.807, 2.05) is 26.0 Å². The monoisotopic (exact) mass is 311 g/mol. The van der Waals surface area contributed by atoms with E-state index in [0.717, 1.165) is 11.1 Å². The van der Waals surface area contributed by atoms with Crippen LogP contribution in [0.1, 0.15) is 11.1 Å². The van der Waals surface area contributed by atoms with Crippen molar-refractivity contribution < 1.29 is 9.47 Å². The Morgan fingerprint density at radius 1 is 1.17 bits per heavy atom. The predicted molar refractivity (Wildman–Crippen MR) is 89.3 cm³/mol.